The van der Waals surface area contributed by atoms with Gasteiger partial charge in [0.15, 0.2) is 0 Å². The molecule has 2 aromatic rings. The third kappa shape index (κ3) is 4.09. The van der Waals surface area contributed by atoms with Gasteiger partial charge < -0.3 is 14.8 Å². The molecule has 1 amide bonds. The van der Waals surface area contributed by atoms with Crippen LogP contribution in [0.15, 0.2) is 48.5 Å². The highest BCUT2D eigenvalue weighted by atomic mass is 16.5. The van der Waals surface area contributed by atoms with Crippen molar-refractivity contribution in [1.82, 2.24) is 0 Å². The van der Waals surface area contributed by atoms with E-state index < -0.39 is 5.97 Å². The molecule has 5 heteroatoms. The average Bonchev–Trinajstić information content (AvgIpc) is 2.53. The van der Waals surface area contributed by atoms with Crippen molar-refractivity contribution in [1.29, 1.82) is 0 Å². The summed E-state index contributed by atoms with van der Waals surface area (Å²) in [7, 11) is 1.31. The Morgan fingerprint density at radius 1 is 1.09 bits per heavy atom. The van der Waals surface area contributed by atoms with Crippen molar-refractivity contribution in [2.75, 3.05) is 12.4 Å². The molecule has 2 aromatic carbocycles. The van der Waals surface area contributed by atoms with Crippen LogP contribution in [0.1, 0.15) is 22.8 Å². The summed E-state index contributed by atoms with van der Waals surface area (Å²) in [6, 6.07) is 14.4. The number of ether oxygens (including phenoxy) is 2. The summed E-state index contributed by atoms with van der Waals surface area (Å²) in [6.45, 7) is 1.74. The predicted molar refractivity (Wildman–Crippen MR) is 82.9 cm³/mol. The van der Waals surface area contributed by atoms with Gasteiger partial charge in [-0.05, 0) is 23.8 Å². The van der Waals surface area contributed by atoms with Crippen molar-refractivity contribution in [2.24, 2.45) is 0 Å². The van der Waals surface area contributed by atoms with Crippen LogP contribution in [-0.4, -0.2) is 19.0 Å². The third-order valence-corrected chi connectivity index (χ3v) is 2.95. The number of hydrogen-bond donors (Lipinski definition) is 1. The molecule has 0 radical (unpaired) electrons. The number of nitrogens with one attached hydrogen (secondary N) is 1. The van der Waals surface area contributed by atoms with Gasteiger partial charge in [-0.25, -0.2) is 4.79 Å². The lowest BCUT2D eigenvalue weighted by atomic mass is 10.2. The van der Waals surface area contributed by atoms with Crippen molar-refractivity contribution < 1.29 is 19.1 Å². The van der Waals surface area contributed by atoms with Crippen LogP contribution < -0.4 is 10.1 Å². The minimum atomic E-state index is -0.459. The molecular weight excluding hydrogens is 282 g/mol. The zero-order valence-electron chi connectivity index (χ0n) is 12.5. The first-order chi connectivity index (χ1) is 10.6. The standard InChI is InChI=1S/C17H17NO4/c1-12(19)18-15-9-8-14(17(20)21-2)10-16(15)22-11-13-6-4-3-5-7-13/h3-10H,11H2,1-2H3,(H,18,19). The molecule has 22 heavy (non-hydrogen) atoms. The fourth-order valence-corrected chi connectivity index (χ4v) is 1.91. The molecule has 0 unspecified atom stereocenters. The molecule has 0 heterocycles. The van der Waals surface area contributed by atoms with E-state index in [0.29, 0.717) is 23.6 Å². The van der Waals surface area contributed by atoms with Gasteiger partial charge in [0, 0.05) is 6.92 Å². The average molecular weight is 299 g/mol. The minimum Gasteiger partial charge on any atom is -0.487 e. The van der Waals surface area contributed by atoms with Gasteiger partial charge in [-0.3, -0.25) is 4.79 Å². The number of rotatable bonds is 5. The maximum absolute atomic E-state index is 11.6. The normalized spacial score (nSPS) is 9.91. The summed E-state index contributed by atoms with van der Waals surface area (Å²) >= 11 is 0. The lowest BCUT2D eigenvalue weighted by Gasteiger charge is -2.13. The van der Waals surface area contributed by atoms with Crippen LogP contribution in [0.25, 0.3) is 0 Å². The Balaban J connectivity index is 2.24. The Hall–Kier alpha value is -2.82. The van der Waals surface area contributed by atoms with E-state index >= 15 is 0 Å². The summed E-state index contributed by atoms with van der Waals surface area (Å²) in [6.07, 6.45) is 0. The first kappa shape index (κ1) is 15.6. The molecule has 1 N–H and O–H groups in total. The Morgan fingerprint density at radius 2 is 1.82 bits per heavy atom. The highest BCUT2D eigenvalue weighted by molar-refractivity contribution is 5.94. The molecule has 0 fully saturated rings. The number of anilines is 1. The molecule has 0 aliphatic heterocycles. The molecule has 0 aliphatic carbocycles. The fourth-order valence-electron chi connectivity index (χ4n) is 1.91. The van der Waals surface area contributed by atoms with E-state index in [1.165, 1.54) is 14.0 Å². The first-order valence-electron chi connectivity index (χ1n) is 6.77. The number of carbonyl (C=O) groups is 2. The SMILES string of the molecule is COC(=O)c1ccc(NC(C)=O)c(OCc2ccccc2)c1. The van der Waals surface area contributed by atoms with E-state index in [1.54, 1.807) is 18.2 Å². The lowest BCUT2D eigenvalue weighted by Crippen LogP contribution is -2.09. The molecule has 0 spiro atoms. The van der Waals surface area contributed by atoms with Crippen molar-refractivity contribution in [3.8, 4) is 5.75 Å². The van der Waals surface area contributed by atoms with E-state index in [-0.39, 0.29) is 5.91 Å². The topological polar surface area (TPSA) is 64.6 Å². The molecule has 0 saturated carbocycles. The summed E-state index contributed by atoms with van der Waals surface area (Å²) in [5.74, 6) is -0.253. The molecule has 114 valence electrons. The Morgan fingerprint density at radius 3 is 2.45 bits per heavy atom. The molecule has 0 bridgehead atoms. The highest BCUT2D eigenvalue weighted by Crippen LogP contribution is 2.27. The maximum atomic E-state index is 11.6. The zero-order valence-corrected chi connectivity index (χ0v) is 12.5. The second-order valence-electron chi connectivity index (χ2n) is 4.66. The smallest absolute Gasteiger partial charge is 0.337 e. The van der Waals surface area contributed by atoms with Crippen LogP contribution in [0.4, 0.5) is 5.69 Å². The van der Waals surface area contributed by atoms with E-state index in [4.69, 9.17) is 9.47 Å². The van der Waals surface area contributed by atoms with Gasteiger partial charge >= 0.3 is 5.97 Å². The largest absolute Gasteiger partial charge is 0.487 e. The van der Waals surface area contributed by atoms with Gasteiger partial charge in [-0.15, -0.1) is 0 Å². The minimum absolute atomic E-state index is 0.213. The number of amides is 1. The van der Waals surface area contributed by atoms with Crippen LogP contribution in [0.2, 0.25) is 0 Å². The van der Waals surface area contributed by atoms with Crippen molar-refractivity contribution in [3.63, 3.8) is 0 Å². The molecule has 0 aliphatic rings. The van der Waals surface area contributed by atoms with E-state index in [1.807, 2.05) is 30.3 Å². The van der Waals surface area contributed by atoms with Crippen molar-refractivity contribution in [3.05, 3.63) is 59.7 Å². The van der Waals surface area contributed by atoms with Gasteiger partial charge in [0.1, 0.15) is 12.4 Å². The molecular formula is C17H17NO4. The predicted octanol–water partition coefficient (Wildman–Crippen LogP) is 3.01. The highest BCUT2D eigenvalue weighted by Gasteiger charge is 2.12. The number of benzene rings is 2. The number of hydrogen-bond acceptors (Lipinski definition) is 4. The van der Waals surface area contributed by atoms with Crippen LogP contribution >= 0.6 is 0 Å². The van der Waals surface area contributed by atoms with Gasteiger partial charge in [-0.1, -0.05) is 30.3 Å². The van der Waals surface area contributed by atoms with E-state index in [0.717, 1.165) is 5.56 Å². The van der Waals surface area contributed by atoms with Gasteiger partial charge in [0.2, 0.25) is 5.91 Å². The molecule has 2 rings (SSSR count). The van der Waals surface area contributed by atoms with Crippen molar-refractivity contribution >= 4 is 17.6 Å². The Bertz CT molecular complexity index is 668. The fraction of sp³-hybridized carbons (Fsp3) is 0.176. The summed E-state index contributed by atoms with van der Waals surface area (Å²) in [5, 5.41) is 2.68. The second-order valence-corrected chi connectivity index (χ2v) is 4.66. The first-order valence-corrected chi connectivity index (χ1v) is 6.77. The molecule has 0 aromatic heterocycles. The van der Waals surface area contributed by atoms with Crippen LogP contribution in [0.3, 0.4) is 0 Å². The number of methoxy groups -OCH3 is 1. The molecule has 0 atom stereocenters. The van der Waals surface area contributed by atoms with Crippen LogP contribution in [-0.2, 0) is 16.1 Å². The Kier molecular flexibility index (Phi) is 5.14. The number of esters is 1. The zero-order chi connectivity index (χ0) is 15.9. The summed E-state index contributed by atoms with van der Waals surface area (Å²) < 4.78 is 10.4. The van der Waals surface area contributed by atoms with E-state index in [2.05, 4.69) is 5.32 Å². The Labute approximate surface area is 128 Å². The van der Waals surface area contributed by atoms with Gasteiger partial charge in [0.05, 0.1) is 18.4 Å². The number of carbonyl (C=O) groups excluding carboxylic acids is 2. The van der Waals surface area contributed by atoms with Crippen LogP contribution in [0.5, 0.6) is 5.75 Å². The lowest BCUT2D eigenvalue weighted by molar-refractivity contribution is -0.114. The van der Waals surface area contributed by atoms with Crippen molar-refractivity contribution in [2.45, 2.75) is 13.5 Å². The maximum Gasteiger partial charge on any atom is 0.337 e. The van der Waals surface area contributed by atoms with Crippen LogP contribution in [0, 0.1) is 0 Å². The third-order valence-electron chi connectivity index (χ3n) is 2.95. The summed E-state index contributed by atoms with van der Waals surface area (Å²) in [4.78, 5) is 22.9. The molecule has 0 saturated heterocycles. The van der Waals surface area contributed by atoms with E-state index in [9.17, 15) is 9.59 Å². The quantitative estimate of drug-likeness (QED) is 0.862. The second kappa shape index (κ2) is 7.26. The molecule has 5 nitrogen and oxygen atoms in total. The van der Waals surface area contributed by atoms with Gasteiger partial charge in [-0.2, -0.15) is 0 Å². The van der Waals surface area contributed by atoms with Gasteiger partial charge in [0.25, 0.3) is 0 Å². The summed E-state index contributed by atoms with van der Waals surface area (Å²) in [5.41, 5.74) is 1.86. The monoisotopic (exact) mass is 299 g/mol.